The zero-order chi connectivity index (χ0) is 14.1. The summed E-state index contributed by atoms with van der Waals surface area (Å²) < 4.78 is 0. The van der Waals surface area contributed by atoms with E-state index in [4.69, 9.17) is 28.9 Å². The van der Waals surface area contributed by atoms with Gasteiger partial charge < -0.3 is 10.6 Å². The molecule has 1 aliphatic rings. The molecule has 0 radical (unpaired) electrons. The summed E-state index contributed by atoms with van der Waals surface area (Å²) in [5.41, 5.74) is 9.73. The van der Waals surface area contributed by atoms with Crippen molar-refractivity contribution in [2.45, 2.75) is 19.0 Å². The second-order valence-corrected chi connectivity index (χ2v) is 6.05. The lowest BCUT2D eigenvalue weighted by molar-refractivity contribution is 0.599. The molecule has 104 valence electrons. The summed E-state index contributed by atoms with van der Waals surface area (Å²) in [5.74, 6) is 0. The minimum absolute atomic E-state index is 0.155. The fourth-order valence-corrected chi connectivity index (χ4v) is 3.11. The summed E-state index contributed by atoms with van der Waals surface area (Å²) in [4.78, 5) is 2.28. The Morgan fingerprint density at radius 1 is 1.15 bits per heavy atom. The molecule has 0 saturated carbocycles. The van der Waals surface area contributed by atoms with Gasteiger partial charge in [0.25, 0.3) is 0 Å². The molecule has 20 heavy (non-hydrogen) atoms. The Hall–Kier alpha value is -1.22. The van der Waals surface area contributed by atoms with Crippen LogP contribution in [0.5, 0.6) is 0 Å². The van der Waals surface area contributed by atoms with Crippen LogP contribution in [0.3, 0.4) is 0 Å². The first-order valence-electron chi connectivity index (χ1n) is 6.66. The van der Waals surface area contributed by atoms with Crippen LogP contribution in [0.1, 0.15) is 11.1 Å². The Morgan fingerprint density at radius 3 is 2.80 bits per heavy atom. The van der Waals surface area contributed by atoms with Gasteiger partial charge in [-0.1, -0.05) is 41.4 Å². The van der Waals surface area contributed by atoms with Gasteiger partial charge in [0, 0.05) is 34.9 Å². The average molecular weight is 307 g/mol. The summed E-state index contributed by atoms with van der Waals surface area (Å²) in [6.07, 6.45) is 0.927. The van der Waals surface area contributed by atoms with Crippen molar-refractivity contribution < 1.29 is 0 Å². The van der Waals surface area contributed by atoms with Crippen molar-refractivity contribution in [3.63, 3.8) is 0 Å². The highest BCUT2D eigenvalue weighted by Crippen LogP contribution is 2.30. The Bertz CT molecular complexity index is 628. The lowest BCUT2D eigenvalue weighted by Gasteiger charge is -2.35. The van der Waals surface area contributed by atoms with Crippen molar-refractivity contribution in [2.24, 2.45) is 5.73 Å². The van der Waals surface area contributed by atoms with E-state index < -0.39 is 0 Å². The molecule has 1 atom stereocenters. The second kappa shape index (κ2) is 5.65. The Kier molecular flexibility index (Phi) is 3.88. The van der Waals surface area contributed by atoms with E-state index in [-0.39, 0.29) is 6.04 Å². The van der Waals surface area contributed by atoms with Gasteiger partial charge in [-0.25, -0.2) is 0 Å². The van der Waals surface area contributed by atoms with Gasteiger partial charge in [-0.15, -0.1) is 0 Å². The number of rotatable bonds is 2. The van der Waals surface area contributed by atoms with E-state index in [9.17, 15) is 0 Å². The average Bonchev–Trinajstić information content (AvgIpc) is 2.43. The third-order valence-corrected chi connectivity index (χ3v) is 4.24. The zero-order valence-corrected chi connectivity index (χ0v) is 12.5. The molecule has 2 N–H and O–H groups in total. The minimum atomic E-state index is 0.155. The normalized spacial score (nSPS) is 17.9. The molecule has 0 bridgehead atoms. The van der Waals surface area contributed by atoms with Gasteiger partial charge in [0.2, 0.25) is 0 Å². The van der Waals surface area contributed by atoms with Crippen molar-refractivity contribution in [3.8, 4) is 0 Å². The number of hydrogen-bond donors (Lipinski definition) is 1. The predicted molar refractivity (Wildman–Crippen MR) is 85.6 cm³/mol. The molecule has 0 amide bonds. The molecule has 0 spiro atoms. The van der Waals surface area contributed by atoms with Crippen LogP contribution >= 0.6 is 23.2 Å². The Labute approximate surface area is 129 Å². The first-order valence-corrected chi connectivity index (χ1v) is 7.41. The minimum Gasteiger partial charge on any atom is -0.365 e. The van der Waals surface area contributed by atoms with Crippen LogP contribution < -0.4 is 10.6 Å². The van der Waals surface area contributed by atoms with E-state index in [0.717, 1.165) is 30.1 Å². The molecule has 1 unspecified atom stereocenters. The molecule has 2 nitrogen and oxygen atoms in total. The van der Waals surface area contributed by atoms with Crippen LogP contribution in [-0.4, -0.2) is 12.6 Å². The van der Waals surface area contributed by atoms with Gasteiger partial charge in [-0.3, -0.25) is 0 Å². The number of benzene rings is 2. The standard InChI is InChI=1S/C16H16Cl2N2/c17-13-5-6-15(18)12(7-13)9-20-10-14(19)8-11-3-1-2-4-16(11)20/h1-7,14H,8-10,19H2. The highest BCUT2D eigenvalue weighted by Gasteiger charge is 2.22. The quantitative estimate of drug-likeness (QED) is 0.912. The molecule has 1 aliphatic heterocycles. The third kappa shape index (κ3) is 2.78. The van der Waals surface area contributed by atoms with Gasteiger partial charge in [0.05, 0.1) is 0 Å². The van der Waals surface area contributed by atoms with Crippen LogP contribution in [0.2, 0.25) is 10.0 Å². The molecule has 0 aromatic heterocycles. The number of fused-ring (bicyclic) bond motifs is 1. The number of nitrogens with zero attached hydrogens (tertiary/aromatic N) is 1. The third-order valence-electron chi connectivity index (χ3n) is 3.64. The smallest absolute Gasteiger partial charge is 0.0456 e. The molecule has 2 aromatic carbocycles. The van der Waals surface area contributed by atoms with Crippen molar-refractivity contribution in [1.82, 2.24) is 0 Å². The number of anilines is 1. The molecular weight excluding hydrogens is 291 g/mol. The highest BCUT2D eigenvalue weighted by molar-refractivity contribution is 6.33. The zero-order valence-electron chi connectivity index (χ0n) is 11.0. The van der Waals surface area contributed by atoms with Gasteiger partial charge in [-0.2, -0.15) is 0 Å². The van der Waals surface area contributed by atoms with Crippen LogP contribution in [0.15, 0.2) is 42.5 Å². The lowest BCUT2D eigenvalue weighted by atomic mass is 9.98. The predicted octanol–water partition coefficient (Wildman–Crippen LogP) is 3.88. The molecular formula is C16H16Cl2N2. The number of para-hydroxylation sites is 1. The number of nitrogens with two attached hydrogens (primary N) is 1. The van der Waals surface area contributed by atoms with E-state index in [1.807, 2.05) is 18.2 Å². The maximum atomic E-state index is 6.26. The molecule has 4 heteroatoms. The summed E-state index contributed by atoms with van der Waals surface area (Å²) >= 11 is 12.3. The molecule has 2 aromatic rings. The largest absolute Gasteiger partial charge is 0.365 e. The first kappa shape index (κ1) is 13.7. The molecule has 1 heterocycles. The van der Waals surface area contributed by atoms with Crippen molar-refractivity contribution in [3.05, 3.63) is 63.6 Å². The molecule has 0 saturated heterocycles. The van der Waals surface area contributed by atoms with E-state index in [0.29, 0.717) is 5.02 Å². The van der Waals surface area contributed by atoms with Crippen LogP contribution in [0, 0.1) is 0 Å². The SMILES string of the molecule is NC1Cc2ccccc2N(Cc2cc(Cl)ccc2Cl)C1. The van der Waals surface area contributed by atoms with Crippen LogP contribution in [0.25, 0.3) is 0 Å². The molecule has 3 rings (SSSR count). The summed E-state index contributed by atoms with van der Waals surface area (Å²) in [6, 6.07) is 14.1. The fraction of sp³-hybridized carbons (Fsp3) is 0.250. The monoisotopic (exact) mass is 306 g/mol. The maximum absolute atomic E-state index is 6.26. The van der Waals surface area contributed by atoms with Crippen molar-refractivity contribution >= 4 is 28.9 Å². The van der Waals surface area contributed by atoms with Crippen molar-refractivity contribution in [1.29, 1.82) is 0 Å². The van der Waals surface area contributed by atoms with E-state index in [2.05, 4.69) is 29.2 Å². The number of hydrogen-bond acceptors (Lipinski definition) is 2. The van der Waals surface area contributed by atoms with Gasteiger partial charge in [-0.05, 0) is 41.8 Å². The van der Waals surface area contributed by atoms with Gasteiger partial charge in [0.15, 0.2) is 0 Å². The number of halogens is 2. The Balaban J connectivity index is 1.93. The van der Waals surface area contributed by atoms with E-state index in [1.54, 1.807) is 0 Å². The molecule has 0 aliphatic carbocycles. The fourth-order valence-electron chi connectivity index (χ4n) is 2.74. The Morgan fingerprint density at radius 2 is 1.95 bits per heavy atom. The van der Waals surface area contributed by atoms with Gasteiger partial charge in [0.1, 0.15) is 0 Å². The highest BCUT2D eigenvalue weighted by atomic mass is 35.5. The van der Waals surface area contributed by atoms with Crippen LogP contribution in [0.4, 0.5) is 5.69 Å². The van der Waals surface area contributed by atoms with Crippen molar-refractivity contribution in [2.75, 3.05) is 11.4 Å². The van der Waals surface area contributed by atoms with Crippen LogP contribution in [-0.2, 0) is 13.0 Å². The molecule has 0 fully saturated rings. The second-order valence-electron chi connectivity index (χ2n) is 5.21. The first-order chi connectivity index (χ1) is 9.63. The van der Waals surface area contributed by atoms with Gasteiger partial charge >= 0.3 is 0 Å². The lowest BCUT2D eigenvalue weighted by Crippen LogP contribution is -2.42. The summed E-state index contributed by atoms with van der Waals surface area (Å²) in [5, 5.41) is 1.45. The topological polar surface area (TPSA) is 29.3 Å². The maximum Gasteiger partial charge on any atom is 0.0456 e. The summed E-state index contributed by atoms with van der Waals surface area (Å²) in [6.45, 7) is 1.56. The summed E-state index contributed by atoms with van der Waals surface area (Å²) in [7, 11) is 0. The van der Waals surface area contributed by atoms with E-state index >= 15 is 0 Å². The van der Waals surface area contributed by atoms with E-state index in [1.165, 1.54) is 11.3 Å².